The van der Waals surface area contributed by atoms with Crippen LogP contribution in [0, 0.1) is 0 Å². The highest BCUT2D eigenvalue weighted by molar-refractivity contribution is 6.30. The van der Waals surface area contributed by atoms with Gasteiger partial charge in [0, 0.05) is 24.2 Å². The van der Waals surface area contributed by atoms with E-state index in [0.29, 0.717) is 17.9 Å². The third kappa shape index (κ3) is 4.01. The Bertz CT molecular complexity index is 640. The van der Waals surface area contributed by atoms with Crippen LogP contribution < -0.4 is 5.73 Å². The van der Waals surface area contributed by atoms with Crippen LogP contribution in [-0.4, -0.2) is 17.9 Å². The second-order valence-corrected chi connectivity index (χ2v) is 5.87. The van der Waals surface area contributed by atoms with Crippen molar-refractivity contribution in [2.24, 2.45) is 0 Å². The van der Waals surface area contributed by atoms with Gasteiger partial charge in [0.05, 0.1) is 6.04 Å². The number of hydrogen-bond acceptors (Lipinski definition) is 2. The summed E-state index contributed by atoms with van der Waals surface area (Å²) in [5.41, 5.74) is 8.74. The molecule has 116 valence electrons. The molecule has 1 atom stereocenters. The molecule has 0 saturated heterocycles. The summed E-state index contributed by atoms with van der Waals surface area (Å²) in [5.74, 6) is 0.103. The van der Waals surface area contributed by atoms with E-state index in [2.05, 4.69) is 0 Å². The van der Waals surface area contributed by atoms with E-state index in [-0.39, 0.29) is 11.9 Å². The van der Waals surface area contributed by atoms with Gasteiger partial charge in [0.15, 0.2) is 0 Å². The number of nitrogen functional groups attached to an aromatic ring is 1. The number of rotatable bonds is 5. The van der Waals surface area contributed by atoms with Gasteiger partial charge in [0.25, 0.3) is 0 Å². The highest BCUT2D eigenvalue weighted by Gasteiger charge is 2.17. The zero-order chi connectivity index (χ0) is 16.1. The predicted octanol–water partition coefficient (Wildman–Crippen LogP) is 4.07. The maximum atomic E-state index is 12.4. The van der Waals surface area contributed by atoms with E-state index in [1.807, 2.05) is 62.5 Å². The molecule has 0 bridgehead atoms. The predicted molar refractivity (Wildman–Crippen MR) is 91.8 cm³/mol. The molecule has 1 amide bonds. The van der Waals surface area contributed by atoms with Gasteiger partial charge >= 0.3 is 0 Å². The van der Waals surface area contributed by atoms with Gasteiger partial charge in [-0.2, -0.15) is 0 Å². The third-order valence-corrected chi connectivity index (χ3v) is 4.24. The lowest BCUT2D eigenvalue weighted by molar-refractivity contribution is -0.131. The zero-order valence-electron chi connectivity index (χ0n) is 12.9. The maximum Gasteiger partial charge on any atom is 0.223 e. The molecule has 0 radical (unpaired) electrons. The van der Waals surface area contributed by atoms with Crippen LogP contribution in [0.4, 0.5) is 5.69 Å². The minimum Gasteiger partial charge on any atom is -0.399 e. The number of carbonyl (C=O) groups excluding carboxylic acids is 1. The fraction of sp³-hybridized carbons (Fsp3) is 0.278. The van der Waals surface area contributed by atoms with Crippen LogP contribution in [0.25, 0.3) is 0 Å². The average Bonchev–Trinajstić information content (AvgIpc) is 2.53. The van der Waals surface area contributed by atoms with Crippen LogP contribution in [0.5, 0.6) is 0 Å². The second kappa shape index (κ2) is 7.32. The number of para-hydroxylation sites is 1. The Morgan fingerprint density at radius 2 is 1.82 bits per heavy atom. The molecule has 0 spiro atoms. The molecule has 0 saturated carbocycles. The average molecular weight is 317 g/mol. The minimum absolute atomic E-state index is 0.0119. The SMILES string of the molecule is CC(c1ccc(Cl)cc1)N(C)C(=O)CCc1ccccc1N. The third-order valence-electron chi connectivity index (χ3n) is 3.99. The van der Waals surface area contributed by atoms with Gasteiger partial charge in [0.2, 0.25) is 5.91 Å². The molecule has 0 aliphatic heterocycles. The van der Waals surface area contributed by atoms with Crippen LogP contribution in [0.1, 0.15) is 30.5 Å². The van der Waals surface area contributed by atoms with Crippen LogP contribution >= 0.6 is 11.6 Å². The molecular weight excluding hydrogens is 296 g/mol. The van der Waals surface area contributed by atoms with Crippen LogP contribution in [0.2, 0.25) is 5.02 Å². The molecule has 3 nitrogen and oxygen atoms in total. The molecule has 2 N–H and O–H groups in total. The molecule has 0 heterocycles. The smallest absolute Gasteiger partial charge is 0.223 e. The lowest BCUT2D eigenvalue weighted by Crippen LogP contribution is -2.29. The highest BCUT2D eigenvalue weighted by Crippen LogP contribution is 2.22. The first kappa shape index (κ1) is 16.4. The Hall–Kier alpha value is -2.00. The van der Waals surface area contributed by atoms with Crippen molar-refractivity contribution in [3.8, 4) is 0 Å². The molecule has 0 fully saturated rings. The Labute approximate surface area is 136 Å². The van der Waals surface area contributed by atoms with Crippen molar-refractivity contribution in [2.45, 2.75) is 25.8 Å². The first-order valence-electron chi connectivity index (χ1n) is 7.33. The van der Waals surface area contributed by atoms with E-state index in [0.717, 1.165) is 16.8 Å². The van der Waals surface area contributed by atoms with Crippen molar-refractivity contribution in [1.29, 1.82) is 0 Å². The molecular formula is C18H21ClN2O. The number of halogens is 1. The Morgan fingerprint density at radius 3 is 2.45 bits per heavy atom. The Balaban J connectivity index is 1.97. The van der Waals surface area contributed by atoms with Crippen molar-refractivity contribution in [2.75, 3.05) is 12.8 Å². The lowest BCUT2D eigenvalue weighted by atomic mass is 10.0. The van der Waals surface area contributed by atoms with Gasteiger partial charge in [-0.05, 0) is 42.7 Å². The van der Waals surface area contributed by atoms with E-state index < -0.39 is 0 Å². The van der Waals surface area contributed by atoms with E-state index in [1.165, 1.54) is 0 Å². The van der Waals surface area contributed by atoms with Crippen molar-refractivity contribution in [3.05, 3.63) is 64.7 Å². The fourth-order valence-electron chi connectivity index (χ4n) is 2.36. The summed E-state index contributed by atoms with van der Waals surface area (Å²) in [7, 11) is 1.83. The topological polar surface area (TPSA) is 46.3 Å². The van der Waals surface area contributed by atoms with E-state index >= 15 is 0 Å². The van der Waals surface area contributed by atoms with Crippen LogP contribution in [0.3, 0.4) is 0 Å². The summed E-state index contributed by atoms with van der Waals surface area (Å²) in [6.07, 6.45) is 1.10. The second-order valence-electron chi connectivity index (χ2n) is 5.43. The molecule has 2 aromatic rings. The number of benzene rings is 2. The molecule has 0 aliphatic carbocycles. The quantitative estimate of drug-likeness (QED) is 0.845. The van der Waals surface area contributed by atoms with E-state index in [9.17, 15) is 4.79 Å². The molecule has 2 aromatic carbocycles. The minimum atomic E-state index is 0.0119. The number of anilines is 1. The van der Waals surface area contributed by atoms with Gasteiger partial charge in [-0.25, -0.2) is 0 Å². The molecule has 22 heavy (non-hydrogen) atoms. The molecule has 0 aliphatic rings. The monoisotopic (exact) mass is 316 g/mol. The van der Waals surface area contributed by atoms with Crippen molar-refractivity contribution < 1.29 is 4.79 Å². The summed E-state index contributed by atoms with van der Waals surface area (Å²) in [6.45, 7) is 2.01. The molecule has 0 aromatic heterocycles. The highest BCUT2D eigenvalue weighted by atomic mass is 35.5. The fourth-order valence-corrected chi connectivity index (χ4v) is 2.49. The summed E-state index contributed by atoms with van der Waals surface area (Å²) < 4.78 is 0. The molecule has 4 heteroatoms. The largest absolute Gasteiger partial charge is 0.399 e. The van der Waals surface area contributed by atoms with Gasteiger partial charge in [-0.3, -0.25) is 4.79 Å². The normalized spacial score (nSPS) is 12.0. The van der Waals surface area contributed by atoms with E-state index in [4.69, 9.17) is 17.3 Å². The van der Waals surface area contributed by atoms with Crippen LogP contribution in [0.15, 0.2) is 48.5 Å². The number of hydrogen-bond donors (Lipinski definition) is 1. The standard InChI is InChI=1S/C18H21ClN2O/c1-13(14-7-10-16(19)11-8-14)21(2)18(22)12-9-15-5-3-4-6-17(15)20/h3-8,10-11,13H,9,12,20H2,1-2H3. The van der Waals surface area contributed by atoms with Gasteiger partial charge in [0.1, 0.15) is 0 Å². The first-order valence-corrected chi connectivity index (χ1v) is 7.71. The van der Waals surface area contributed by atoms with Gasteiger partial charge < -0.3 is 10.6 Å². The maximum absolute atomic E-state index is 12.4. The summed E-state index contributed by atoms with van der Waals surface area (Å²) in [5, 5.41) is 0.699. The van der Waals surface area contributed by atoms with Crippen molar-refractivity contribution in [3.63, 3.8) is 0 Å². The van der Waals surface area contributed by atoms with Gasteiger partial charge in [-0.1, -0.05) is 41.9 Å². The van der Waals surface area contributed by atoms with Crippen LogP contribution in [-0.2, 0) is 11.2 Å². The molecule has 2 rings (SSSR count). The summed E-state index contributed by atoms with van der Waals surface area (Å²) in [4.78, 5) is 14.1. The van der Waals surface area contributed by atoms with Crippen molar-refractivity contribution >= 4 is 23.2 Å². The Kier molecular flexibility index (Phi) is 5.45. The lowest BCUT2D eigenvalue weighted by Gasteiger charge is -2.25. The number of aryl methyl sites for hydroxylation is 1. The number of carbonyl (C=O) groups is 1. The summed E-state index contributed by atoms with van der Waals surface area (Å²) >= 11 is 5.90. The van der Waals surface area contributed by atoms with Gasteiger partial charge in [-0.15, -0.1) is 0 Å². The van der Waals surface area contributed by atoms with E-state index in [1.54, 1.807) is 4.90 Å². The Morgan fingerprint density at radius 1 is 1.18 bits per heavy atom. The number of nitrogens with zero attached hydrogens (tertiary/aromatic N) is 1. The summed E-state index contributed by atoms with van der Waals surface area (Å²) in [6, 6.07) is 15.3. The number of nitrogens with two attached hydrogens (primary N) is 1. The van der Waals surface area contributed by atoms with Crippen molar-refractivity contribution in [1.82, 2.24) is 4.90 Å². The number of amides is 1. The molecule has 1 unspecified atom stereocenters. The zero-order valence-corrected chi connectivity index (χ0v) is 13.7. The first-order chi connectivity index (χ1) is 10.5.